The van der Waals surface area contributed by atoms with Crippen LogP contribution in [0, 0.1) is 5.82 Å². The van der Waals surface area contributed by atoms with Crippen LogP contribution in [-0.2, 0) is 4.74 Å². The summed E-state index contributed by atoms with van der Waals surface area (Å²) in [5.74, 6) is -0.310. The second kappa shape index (κ2) is 9.58. The zero-order chi connectivity index (χ0) is 18.2. The van der Waals surface area contributed by atoms with Crippen LogP contribution >= 0.6 is 0 Å². The Morgan fingerprint density at radius 1 is 1.32 bits per heavy atom. The third-order valence-corrected chi connectivity index (χ3v) is 4.40. The number of hydrogen-bond donors (Lipinski definition) is 2. The van der Waals surface area contributed by atoms with Gasteiger partial charge in [-0.25, -0.2) is 9.18 Å². The monoisotopic (exact) mass is 352 g/mol. The average Bonchev–Trinajstić information content (AvgIpc) is 2.77. The number of nitrogens with zero attached hydrogens (tertiary/aromatic N) is 2. The van der Waals surface area contributed by atoms with E-state index >= 15 is 0 Å². The molecule has 2 N–H and O–H groups in total. The number of amides is 2. The molecule has 0 saturated carbocycles. The van der Waals surface area contributed by atoms with Crippen LogP contribution in [0.5, 0.6) is 0 Å². The number of anilines is 2. The van der Waals surface area contributed by atoms with Crippen LogP contribution in [0.4, 0.5) is 20.6 Å². The minimum atomic E-state index is -0.341. The molecular formula is C18H29FN4O2. The summed E-state index contributed by atoms with van der Waals surface area (Å²) in [4.78, 5) is 16.3. The van der Waals surface area contributed by atoms with Crippen molar-refractivity contribution >= 4 is 17.4 Å². The zero-order valence-electron chi connectivity index (χ0n) is 15.3. The van der Waals surface area contributed by atoms with E-state index in [4.69, 9.17) is 4.74 Å². The summed E-state index contributed by atoms with van der Waals surface area (Å²) in [6, 6.07) is 4.51. The van der Waals surface area contributed by atoms with Gasteiger partial charge in [-0.3, -0.25) is 0 Å². The fourth-order valence-electron chi connectivity index (χ4n) is 2.89. The lowest BCUT2D eigenvalue weighted by atomic mass is 10.2. The normalized spacial score (nSPS) is 17.0. The van der Waals surface area contributed by atoms with Crippen LogP contribution in [-0.4, -0.2) is 63.9 Å². The van der Waals surface area contributed by atoms with Crippen molar-refractivity contribution in [2.45, 2.75) is 25.8 Å². The Balaban J connectivity index is 1.93. The maximum absolute atomic E-state index is 14.5. The van der Waals surface area contributed by atoms with E-state index in [1.54, 1.807) is 19.2 Å². The van der Waals surface area contributed by atoms with Crippen LogP contribution in [0.3, 0.4) is 0 Å². The van der Waals surface area contributed by atoms with E-state index in [1.807, 2.05) is 6.92 Å². The number of likely N-dealkylation sites (N-methyl/N-ethyl adjacent to an activating group) is 1. The van der Waals surface area contributed by atoms with Gasteiger partial charge in [0.15, 0.2) is 0 Å². The highest BCUT2D eigenvalue weighted by Gasteiger charge is 2.16. The maximum Gasteiger partial charge on any atom is 0.319 e. The SMILES string of the molecule is COCC[C@@H](C)NC(=O)Nc1ccc(N2CCCN(C)CC2)c(F)c1. The first-order valence-corrected chi connectivity index (χ1v) is 8.79. The fraction of sp³-hybridized carbons (Fsp3) is 0.611. The van der Waals surface area contributed by atoms with Crippen LogP contribution in [0.1, 0.15) is 19.8 Å². The molecule has 1 heterocycles. The molecule has 140 valence electrons. The van der Waals surface area contributed by atoms with Gasteiger partial charge in [-0.15, -0.1) is 0 Å². The van der Waals surface area contributed by atoms with E-state index < -0.39 is 0 Å². The summed E-state index contributed by atoms with van der Waals surface area (Å²) in [6.07, 6.45) is 1.73. The molecular weight excluding hydrogens is 323 g/mol. The Bertz CT molecular complexity index is 570. The number of nitrogens with one attached hydrogen (secondary N) is 2. The quantitative estimate of drug-likeness (QED) is 0.826. The molecule has 1 aliphatic heterocycles. The molecule has 1 atom stereocenters. The molecule has 1 fully saturated rings. The summed E-state index contributed by atoms with van der Waals surface area (Å²) in [5, 5.41) is 5.49. The fourth-order valence-corrected chi connectivity index (χ4v) is 2.89. The van der Waals surface area contributed by atoms with E-state index in [0.29, 0.717) is 18.0 Å². The molecule has 7 heteroatoms. The number of urea groups is 1. The van der Waals surface area contributed by atoms with Crippen molar-refractivity contribution in [3.8, 4) is 0 Å². The molecule has 0 unspecified atom stereocenters. The first-order chi connectivity index (χ1) is 12.0. The van der Waals surface area contributed by atoms with Crippen LogP contribution in [0.15, 0.2) is 18.2 Å². The van der Waals surface area contributed by atoms with Gasteiger partial charge in [0.2, 0.25) is 0 Å². The van der Waals surface area contributed by atoms with Gasteiger partial charge in [-0.05, 0) is 51.6 Å². The number of hydrogen-bond acceptors (Lipinski definition) is 4. The van der Waals surface area contributed by atoms with Gasteiger partial charge in [0.25, 0.3) is 0 Å². The molecule has 0 aliphatic carbocycles. The second-order valence-electron chi connectivity index (χ2n) is 6.59. The minimum Gasteiger partial charge on any atom is -0.385 e. The van der Waals surface area contributed by atoms with Gasteiger partial charge in [-0.2, -0.15) is 0 Å². The highest BCUT2D eigenvalue weighted by Crippen LogP contribution is 2.24. The number of benzene rings is 1. The molecule has 1 saturated heterocycles. The van der Waals surface area contributed by atoms with Crippen molar-refractivity contribution < 1.29 is 13.9 Å². The third kappa shape index (κ3) is 6.17. The topological polar surface area (TPSA) is 56.8 Å². The summed E-state index contributed by atoms with van der Waals surface area (Å²) in [7, 11) is 3.71. The Morgan fingerprint density at radius 2 is 2.12 bits per heavy atom. The van der Waals surface area contributed by atoms with E-state index in [-0.39, 0.29) is 17.9 Å². The number of halogens is 1. The molecule has 0 aromatic heterocycles. The van der Waals surface area contributed by atoms with Gasteiger partial charge in [0.05, 0.1) is 5.69 Å². The lowest BCUT2D eigenvalue weighted by Gasteiger charge is -2.23. The van der Waals surface area contributed by atoms with Gasteiger partial charge < -0.3 is 25.2 Å². The minimum absolute atomic E-state index is 0.0156. The molecule has 2 rings (SSSR count). The Kier molecular flexibility index (Phi) is 7.46. The molecule has 6 nitrogen and oxygen atoms in total. The number of rotatable bonds is 6. The predicted octanol–water partition coefficient (Wildman–Crippen LogP) is 2.51. The molecule has 0 radical (unpaired) electrons. The summed E-state index contributed by atoms with van der Waals surface area (Å²) >= 11 is 0. The zero-order valence-corrected chi connectivity index (χ0v) is 15.3. The van der Waals surface area contributed by atoms with Gasteiger partial charge in [-0.1, -0.05) is 0 Å². The van der Waals surface area contributed by atoms with Gasteiger partial charge >= 0.3 is 6.03 Å². The second-order valence-corrected chi connectivity index (χ2v) is 6.59. The predicted molar refractivity (Wildman–Crippen MR) is 98.8 cm³/mol. The number of ether oxygens (including phenoxy) is 1. The number of carbonyl (C=O) groups is 1. The highest BCUT2D eigenvalue weighted by molar-refractivity contribution is 5.89. The van der Waals surface area contributed by atoms with Crippen molar-refractivity contribution in [2.24, 2.45) is 0 Å². The molecule has 1 aliphatic rings. The largest absolute Gasteiger partial charge is 0.385 e. The third-order valence-electron chi connectivity index (χ3n) is 4.40. The number of carbonyl (C=O) groups excluding carboxylic acids is 1. The standard InChI is InChI=1S/C18H29FN4O2/c1-14(7-12-25-3)20-18(24)21-15-5-6-17(16(19)13-15)23-9-4-8-22(2)10-11-23/h5-6,13-14H,4,7-12H2,1-3H3,(H2,20,21,24)/t14-/m1/s1. The molecule has 1 aromatic carbocycles. The van der Waals surface area contributed by atoms with Crippen LogP contribution < -0.4 is 15.5 Å². The van der Waals surface area contributed by atoms with Crippen LogP contribution in [0.25, 0.3) is 0 Å². The Labute approximate surface area is 149 Å². The molecule has 2 amide bonds. The first-order valence-electron chi connectivity index (χ1n) is 8.79. The van der Waals surface area contributed by atoms with E-state index in [9.17, 15) is 9.18 Å². The van der Waals surface area contributed by atoms with Crippen molar-refractivity contribution in [3.63, 3.8) is 0 Å². The van der Waals surface area contributed by atoms with Crippen molar-refractivity contribution in [1.29, 1.82) is 0 Å². The molecule has 1 aromatic rings. The van der Waals surface area contributed by atoms with Gasteiger partial charge in [0, 0.05) is 45.1 Å². The Morgan fingerprint density at radius 3 is 2.84 bits per heavy atom. The average molecular weight is 352 g/mol. The van der Waals surface area contributed by atoms with Crippen LogP contribution in [0.2, 0.25) is 0 Å². The van der Waals surface area contributed by atoms with Crippen molar-refractivity contribution in [3.05, 3.63) is 24.0 Å². The Hall–Kier alpha value is -1.86. The van der Waals surface area contributed by atoms with E-state index in [1.165, 1.54) is 6.07 Å². The summed E-state index contributed by atoms with van der Waals surface area (Å²) in [6.45, 7) is 6.07. The molecule has 0 spiro atoms. The number of methoxy groups -OCH3 is 1. The lowest BCUT2D eigenvalue weighted by molar-refractivity contribution is 0.185. The first kappa shape index (κ1) is 19.5. The maximum atomic E-state index is 14.5. The summed E-state index contributed by atoms with van der Waals surface area (Å²) < 4.78 is 19.5. The smallest absolute Gasteiger partial charge is 0.319 e. The molecule has 25 heavy (non-hydrogen) atoms. The summed E-state index contributed by atoms with van der Waals surface area (Å²) in [5.41, 5.74) is 1.04. The lowest BCUT2D eigenvalue weighted by Crippen LogP contribution is -2.36. The van der Waals surface area contributed by atoms with E-state index in [0.717, 1.165) is 39.0 Å². The van der Waals surface area contributed by atoms with Crippen molar-refractivity contribution in [1.82, 2.24) is 10.2 Å². The highest BCUT2D eigenvalue weighted by atomic mass is 19.1. The van der Waals surface area contributed by atoms with E-state index in [2.05, 4.69) is 27.5 Å². The molecule has 0 bridgehead atoms. The van der Waals surface area contributed by atoms with Crippen molar-refractivity contribution in [2.75, 3.05) is 57.2 Å². The van der Waals surface area contributed by atoms with Gasteiger partial charge in [0.1, 0.15) is 5.82 Å².